The first kappa shape index (κ1) is 15.2. The Hall–Kier alpha value is -2.73. The highest BCUT2D eigenvalue weighted by molar-refractivity contribution is 5.84. The lowest BCUT2D eigenvalue weighted by molar-refractivity contribution is -0.119. The van der Waals surface area contributed by atoms with Gasteiger partial charge in [0.1, 0.15) is 6.04 Å². The second-order valence-corrected chi connectivity index (χ2v) is 5.87. The first-order chi connectivity index (χ1) is 11.1. The molecular weight excluding hydrogens is 284 g/mol. The third kappa shape index (κ3) is 3.37. The average Bonchev–Trinajstić information content (AvgIpc) is 3.03. The molecule has 1 atom stereocenters. The summed E-state index contributed by atoms with van der Waals surface area (Å²) in [5.74, 6) is 6.12. The molecule has 3 rings (SSSR count). The lowest BCUT2D eigenvalue weighted by Crippen LogP contribution is -2.40. The van der Waals surface area contributed by atoms with Crippen LogP contribution >= 0.6 is 0 Å². The second kappa shape index (κ2) is 6.58. The minimum Gasteiger partial charge on any atom is -0.368 e. The zero-order chi connectivity index (χ0) is 16.2. The maximum atomic E-state index is 11.6. The van der Waals surface area contributed by atoms with Crippen molar-refractivity contribution in [3.8, 4) is 11.8 Å². The highest BCUT2D eigenvalue weighted by Gasteiger charge is 2.29. The van der Waals surface area contributed by atoms with Gasteiger partial charge in [-0.3, -0.25) is 4.79 Å². The molecule has 2 aromatic rings. The van der Waals surface area contributed by atoms with Gasteiger partial charge in [-0.05, 0) is 55.7 Å². The van der Waals surface area contributed by atoms with E-state index in [1.807, 2.05) is 42.5 Å². The first-order valence-electron chi connectivity index (χ1n) is 7.89. The average molecular weight is 304 g/mol. The van der Waals surface area contributed by atoms with Crippen LogP contribution in [0.1, 0.15) is 29.5 Å². The van der Waals surface area contributed by atoms with Crippen molar-refractivity contribution in [2.45, 2.75) is 25.8 Å². The predicted octanol–water partition coefficient (Wildman–Crippen LogP) is 2.85. The number of nitrogens with zero attached hydrogens (tertiary/aromatic N) is 1. The number of anilines is 1. The summed E-state index contributed by atoms with van der Waals surface area (Å²) in [5, 5.41) is 0. The summed E-state index contributed by atoms with van der Waals surface area (Å²) in [6.07, 6.45) is 1.84. The Balaban J connectivity index is 1.84. The number of rotatable bonds is 2. The Kier molecular flexibility index (Phi) is 4.34. The Morgan fingerprint density at radius 3 is 2.57 bits per heavy atom. The Morgan fingerprint density at radius 1 is 1.13 bits per heavy atom. The molecule has 3 nitrogen and oxygen atoms in total. The van der Waals surface area contributed by atoms with Gasteiger partial charge in [0.25, 0.3) is 0 Å². The van der Waals surface area contributed by atoms with Gasteiger partial charge in [-0.1, -0.05) is 30.0 Å². The van der Waals surface area contributed by atoms with Crippen molar-refractivity contribution < 1.29 is 4.79 Å². The van der Waals surface area contributed by atoms with Gasteiger partial charge in [0.2, 0.25) is 5.91 Å². The van der Waals surface area contributed by atoms with Crippen LogP contribution in [0.15, 0.2) is 48.5 Å². The number of carbonyl (C=O) groups is 1. The fourth-order valence-corrected chi connectivity index (χ4v) is 3.07. The molecule has 116 valence electrons. The van der Waals surface area contributed by atoms with E-state index in [-0.39, 0.29) is 11.9 Å². The smallest absolute Gasteiger partial charge is 0.240 e. The zero-order valence-corrected chi connectivity index (χ0v) is 13.3. The monoisotopic (exact) mass is 304 g/mol. The number of benzene rings is 2. The quantitative estimate of drug-likeness (QED) is 0.867. The molecule has 1 heterocycles. The molecule has 0 radical (unpaired) electrons. The van der Waals surface area contributed by atoms with Gasteiger partial charge in [0.15, 0.2) is 0 Å². The van der Waals surface area contributed by atoms with Crippen LogP contribution in [0.5, 0.6) is 0 Å². The largest absolute Gasteiger partial charge is 0.368 e. The molecule has 1 aliphatic heterocycles. The Bertz CT molecular complexity index is 771. The van der Waals surface area contributed by atoms with E-state index in [1.54, 1.807) is 0 Å². The van der Waals surface area contributed by atoms with E-state index in [4.69, 9.17) is 5.73 Å². The van der Waals surface area contributed by atoms with Crippen LogP contribution < -0.4 is 10.6 Å². The standard InChI is InChI=1S/C20H20N2O/c1-15-14-17(10-9-16-6-3-2-4-7-16)11-12-18(15)22-13-5-8-19(22)20(21)23/h2-4,6-7,11-12,14,19H,5,8,13H2,1H3,(H2,21,23)/t19-/m1/s1. The summed E-state index contributed by atoms with van der Waals surface area (Å²) in [5.41, 5.74) is 9.70. The number of nitrogens with two attached hydrogens (primary N) is 1. The van der Waals surface area contributed by atoms with Crippen LogP contribution in [0.3, 0.4) is 0 Å². The molecule has 0 aliphatic carbocycles. The normalized spacial score (nSPS) is 16.7. The topological polar surface area (TPSA) is 46.3 Å². The third-order valence-electron chi connectivity index (χ3n) is 4.21. The number of hydrogen-bond acceptors (Lipinski definition) is 2. The molecule has 1 amide bonds. The molecule has 0 unspecified atom stereocenters. The van der Waals surface area contributed by atoms with Gasteiger partial charge in [0.05, 0.1) is 0 Å². The minimum atomic E-state index is -0.241. The van der Waals surface area contributed by atoms with Crippen molar-refractivity contribution >= 4 is 11.6 Å². The van der Waals surface area contributed by atoms with Crippen LogP contribution in [-0.4, -0.2) is 18.5 Å². The van der Waals surface area contributed by atoms with E-state index < -0.39 is 0 Å². The van der Waals surface area contributed by atoms with Crippen LogP contribution in [-0.2, 0) is 4.79 Å². The van der Waals surface area contributed by atoms with Crippen LogP contribution in [0.2, 0.25) is 0 Å². The summed E-state index contributed by atoms with van der Waals surface area (Å²) in [6.45, 7) is 2.93. The van der Waals surface area contributed by atoms with Crippen LogP contribution in [0.25, 0.3) is 0 Å². The van der Waals surface area contributed by atoms with Crippen molar-refractivity contribution in [2.75, 3.05) is 11.4 Å². The molecule has 0 saturated carbocycles. The summed E-state index contributed by atoms with van der Waals surface area (Å²) in [4.78, 5) is 13.7. The SMILES string of the molecule is Cc1cc(C#Cc2ccccc2)ccc1N1CCC[C@@H]1C(N)=O. The van der Waals surface area contributed by atoms with Gasteiger partial charge in [-0.15, -0.1) is 0 Å². The van der Waals surface area contributed by atoms with Crippen molar-refractivity contribution in [3.05, 3.63) is 65.2 Å². The number of aryl methyl sites for hydroxylation is 1. The minimum absolute atomic E-state index is 0.185. The molecule has 1 aliphatic rings. The Morgan fingerprint density at radius 2 is 1.87 bits per heavy atom. The molecule has 0 spiro atoms. The Labute approximate surface area is 137 Å². The highest BCUT2D eigenvalue weighted by Crippen LogP contribution is 2.28. The number of carbonyl (C=O) groups excluding carboxylic acids is 1. The maximum Gasteiger partial charge on any atom is 0.240 e. The van der Waals surface area contributed by atoms with Crippen LogP contribution in [0, 0.1) is 18.8 Å². The molecule has 0 aromatic heterocycles. The van der Waals surface area contributed by atoms with Gasteiger partial charge in [0, 0.05) is 23.4 Å². The molecule has 2 N–H and O–H groups in total. The maximum absolute atomic E-state index is 11.6. The molecule has 23 heavy (non-hydrogen) atoms. The van der Waals surface area contributed by atoms with Gasteiger partial charge >= 0.3 is 0 Å². The van der Waals surface area contributed by atoms with E-state index in [9.17, 15) is 4.79 Å². The lowest BCUT2D eigenvalue weighted by Gasteiger charge is -2.26. The highest BCUT2D eigenvalue weighted by atomic mass is 16.1. The number of hydrogen-bond donors (Lipinski definition) is 1. The molecule has 1 fully saturated rings. The third-order valence-corrected chi connectivity index (χ3v) is 4.21. The number of amides is 1. The molecule has 3 heteroatoms. The second-order valence-electron chi connectivity index (χ2n) is 5.87. The fourth-order valence-electron chi connectivity index (χ4n) is 3.07. The van der Waals surface area contributed by atoms with Gasteiger partial charge in [-0.25, -0.2) is 0 Å². The van der Waals surface area contributed by atoms with Crippen molar-refractivity contribution in [1.29, 1.82) is 0 Å². The molecular formula is C20H20N2O. The zero-order valence-electron chi connectivity index (χ0n) is 13.3. The van der Waals surface area contributed by atoms with E-state index in [1.165, 1.54) is 0 Å². The van der Waals surface area contributed by atoms with Gasteiger partial charge < -0.3 is 10.6 Å². The van der Waals surface area contributed by atoms with Gasteiger partial charge in [-0.2, -0.15) is 0 Å². The van der Waals surface area contributed by atoms with E-state index >= 15 is 0 Å². The lowest BCUT2D eigenvalue weighted by atomic mass is 10.1. The number of primary amides is 1. The fraction of sp³-hybridized carbons (Fsp3) is 0.250. The summed E-state index contributed by atoms with van der Waals surface area (Å²) < 4.78 is 0. The van der Waals surface area contributed by atoms with Crippen molar-refractivity contribution in [2.24, 2.45) is 5.73 Å². The van der Waals surface area contributed by atoms with E-state index in [2.05, 4.69) is 29.7 Å². The van der Waals surface area contributed by atoms with E-state index in [0.29, 0.717) is 0 Å². The van der Waals surface area contributed by atoms with Crippen LogP contribution in [0.4, 0.5) is 5.69 Å². The first-order valence-corrected chi connectivity index (χ1v) is 7.89. The predicted molar refractivity (Wildman–Crippen MR) is 93.2 cm³/mol. The summed E-state index contributed by atoms with van der Waals surface area (Å²) >= 11 is 0. The summed E-state index contributed by atoms with van der Waals surface area (Å²) in [6, 6.07) is 15.9. The summed E-state index contributed by atoms with van der Waals surface area (Å²) in [7, 11) is 0. The molecule has 0 bridgehead atoms. The molecule has 2 aromatic carbocycles. The molecule has 1 saturated heterocycles. The van der Waals surface area contributed by atoms with Crippen molar-refractivity contribution in [1.82, 2.24) is 0 Å². The van der Waals surface area contributed by atoms with E-state index in [0.717, 1.165) is 41.8 Å². The van der Waals surface area contributed by atoms with Crippen molar-refractivity contribution in [3.63, 3.8) is 0 Å².